The quantitative estimate of drug-likeness (QED) is 0.203. The van der Waals surface area contributed by atoms with Crippen molar-refractivity contribution in [3.8, 4) is 0 Å². The molecule has 2 aromatic rings. The second-order valence-electron chi connectivity index (χ2n) is 16.0. The van der Waals surface area contributed by atoms with Crippen LogP contribution in [0.2, 0.25) is 0 Å². The highest BCUT2D eigenvalue weighted by Gasteiger charge is 2.70. The molecule has 2 aliphatic carbocycles. The maximum Gasteiger partial charge on any atom is 0.340 e. The molecule has 0 bridgehead atoms. The van der Waals surface area contributed by atoms with Gasteiger partial charge in [0.15, 0.2) is 12.2 Å². The molecular formula is C43H53NO14. The first-order valence-electron chi connectivity index (χ1n) is 18.9. The monoisotopic (exact) mass is 807 g/mol. The van der Waals surface area contributed by atoms with Gasteiger partial charge in [0.25, 0.3) is 0 Å². The van der Waals surface area contributed by atoms with Crippen molar-refractivity contribution in [2.24, 2.45) is 23.2 Å². The summed E-state index contributed by atoms with van der Waals surface area (Å²) in [6, 6.07) is 10.8. The van der Waals surface area contributed by atoms with Gasteiger partial charge in [-0.2, -0.15) is 0 Å². The second kappa shape index (κ2) is 18.0. The van der Waals surface area contributed by atoms with Gasteiger partial charge in [-0.3, -0.25) is 24.2 Å². The Bertz CT molecular complexity index is 1890. The molecule has 0 unspecified atom stereocenters. The van der Waals surface area contributed by atoms with E-state index >= 15 is 0 Å². The van der Waals surface area contributed by atoms with Gasteiger partial charge in [0.1, 0.15) is 35.6 Å². The third-order valence-electron chi connectivity index (χ3n) is 10.4. The van der Waals surface area contributed by atoms with Crippen molar-refractivity contribution in [3.63, 3.8) is 0 Å². The number of pyridine rings is 1. The molecule has 4 rings (SSSR count). The Hall–Kier alpha value is -5.41. The van der Waals surface area contributed by atoms with Crippen LogP contribution in [-0.2, 0) is 47.6 Å². The van der Waals surface area contributed by atoms with E-state index in [1.807, 2.05) is 0 Å². The molecule has 15 nitrogen and oxygen atoms in total. The lowest BCUT2D eigenvalue weighted by Gasteiger charge is -2.45. The molecule has 0 radical (unpaired) electrons. The van der Waals surface area contributed by atoms with Crippen LogP contribution in [0.1, 0.15) is 89.5 Å². The smallest absolute Gasteiger partial charge is 0.340 e. The molecule has 1 heterocycles. The summed E-state index contributed by atoms with van der Waals surface area (Å²) in [5.41, 5.74) is -5.84. The Balaban J connectivity index is 2.08. The zero-order chi connectivity index (χ0) is 43.3. The number of aromatic nitrogens is 1. The summed E-state index contributed by atoms with van der Waals surface area (Å²) in [7, 11) is 0. The molecule has 10 atom stereocenters. The van der Waals surface area contributed by atoms with Gasteiger partial charge < -0.3 is 38.6 Å². The molecule has 2 N–H and O–H groups in total. The molecule has 0 spiro atoms. The number of hydrogen-bond acceptors (Lipinski definition) is 15. The predicted octanol–water partition coefficient (Wildman–Crippen LogP) is 4.49. The highest BCUT2D eigenvalue weighted by molar-refractivity contribution is 5.90. The van der Waals surface area contributed by atoms with Crippen LogP contribution in [0.4, 0.5) is 0 Å². The summed E-state index contributed by atoms with van der Waals surface area (Å²) in [6.45, 7) is 16.8. The van der Waals surface area contributed by atoms with Gasteiger partial charge in [0.2, 0.25) is 0 Å². The lowest BCUT2D eigenvalue weighted by atomic mass is 9.71. The number of esters is 6. The summed E-state index contributed by atoms with van der Waals surface area (Å²) >= 11 is 0. The molecule has 0 aliphatic heterocycles. The van der Waals surface area contributed by atoms with E-state index in [2.05, 4.69) is 11.6 Å². The van der Waals surface area contributed by atoms with Crippen molar-refractivity contribution in [1.82, 2.24) is 4.98 Å². The van der Waals surface area contributed by atoms with Crippen molar-refractivity contribution in [2.75, 3.05) is 0 Å². The Morgan fingerprint density at radius 3 is 1.91 bits per heavy atom. The fraction of sp³-hybridized carbons (Fsp3) is 0.512. The normalized spacial score (nSPS) is 31.3. The fourth-order valence-corrected chi connectivity index (χ4v) is 7.78. The van der Waals surface area contributed by atoms with Crippen LogP contribution in [0.15, 0.2) is 79.2 Å². The van der Waals surface area contributed by atoms with Crippen molar-refractivity contribution >= 4 is 35.8 Å². The van der Waals surface area contributed by atoms with Gasteiger partial charge in [0.05, 0.1) is 23.0 Å². The SMILES string of the molecule is C=C1[C@H](OC(=O)C(C)C)[C@@H](O)[C@@H](OC(=O)c2cccnc2)C(C)(C)/C=C/[C@H](C)[C@H](OC(C)=O)[C@@]2(O)C[C@@](C)(OC(C)=O)[C@H](OC(=O)c3ccccc3)[C@@H]2[C@H]1OC(C)=O. The lowest BCUT2D eigenvalue weighted by Crippen LogP contribution is -2.59. The lowest BCUT2D eigenvalue weighted by molar-refractivity contribution is -0.193. The van der Waals surface area contributed by atoms with Crippen LogP contribution in [0, 0.1) is 23.2 Å². The molecule has 15 heteroatoms. The number of nitrogens with zero attached hydrogens (tertiary/aromatic N) is 1. The maximum absolute atomic E-state index is 13.9. The minimum absolute atomic E-state index is 0.0417. The van der Waals surface area contributed by atoms with E-state index in [0.29, 0.717) is 0 Å². The van der Waals surface area contributed by atoms with Crippen LogP contribution >= 0.6 is 0 Å². The highest BCUT2D eigenvalue weighted by Crippen LogP contribution is 2.54. The summed E-state index contributed by atoms with van der Waals surface area (Å²) in [5, 5.41) is 25.7. The van der Waals surface area contributed by atoms with Crippen molar-refractivity contribution < 1.29 is 67.4 Å². The van der Waals surface area contributed by atoms with E-state index in [0.717, 1.165) is 20.8 Å². The van der Waals surface area contributed by atoms with Gasteiger partial charge in [-0.05, 0) is 31.2 Å². The first-order chi connectivity index (χ1) is 27.0. The van der Waals surface area contributed by atoms with Gasteiger partial charge in [0, 0.05) is 56.5 Å². The summed E-state index contributed by atoms with van der Waals surface area (Å²) < 4.78 is 35.8. The largest absolute Gasteiger partial charge is 0.459 e. The second-order valence-corrected chi connectivity index (χ2v) is 16.0. The van der Waals surface area contributed by atoms with Crippen LogP contribution in [0.5, 0.6) is 0 Å². The van der Waals surface area contributed by atoms with E-state index in [1.54, 1.807) is 51.1 Å². The number of fused-ring (bicyclic) bond motifs is 1. The van der Waals surface area contributed by atoms with Gasteiger partial charge >= 0.3 is 35.8 Å². The third-order valence-corrected chi connectivity index (χ3v) is 10.4. The van der Waals surface area contributed by atoms with Crippen molar-refractivity contribution in [1.29, 1.82) is 0 Å². The van der Waals surface area contributed by atoms with E-state index in [1.165, 1.54) is 57.4 Å². The summed E-state index contributed by atoms with van der Waals surface area (Å²) in [6.07, 6.45) is -5.08. The first-order valence-corrected chi connectivity index (χ1v) is 18.9. The number of hydrogen-bond donors (Lipinski definition) is 2. The van der Waals surface area contributed by atoms with E-state index in [-0.39, 0.29) is 16.7 Å². The number of benzene rings is 1. The molecular weight excluding hydrogens is 754 g/mol. The number of carbonyl (C=O) groups excluding carboxylic acids is 6. The zero-order valence-electron chi connectivity index (χ0n) is 34.2. The number of aliphatic hydroxyl groups is 2. The molecule has 1 saturated carbocycles. The van der Waals surface area contributed by atoms with Crippen LogP contribution < -0.4 is 0 Å². The van der Waals surface area contributed by atoms with Crippen molar-refractivity contribution in [2.45, 2.75) is 117 Å². The molecule has 1 fully saturated rings. The predicted molar refractivity (Wildman–Crippen MR) is 205 cm³/mol. The maximum atomic E-state index is 13.9. The van der Waals surface area contributed by atoms with Crippen LogP contribution in [0.25, 0.3) is 0 Å². The van der Waals surface area contributed by atoms with E-state index < -0.39 is 113 Å². The molecule has 1 aromatic carbocycles. The average molecular weight is 808 g/mol. The summed E-state index contributed by atoms with van der Waals surface area (Å²) in [5.74, 6) is -8.66. The number of ether oxygens (including phenoxy) is 6. The van der Waals surface area contributed by atoms with Crippen LogP contribution in [-0.4, -0.2) is 98.8 Å². The Morgan fingerprint density at radius 2 is 1.36 bits per heavy atom. The molecule has 1 aromatic heterocycles. The molecule has 0 saturated heterocycles. The molecule has 2 aliphatic rings. The third kappa shape index (κ3) is 9.99. The van der Waals surface area contributed by atoms with Gasteiger partial charge in [-0.25, -0.2) is 9.59 Å². The average Bonchev–Trinajstić information content (AvgIpc) is 3.36. The summed E-state index contributed by atoms with van der Waals surface area (Å²) in [4.78, 5) is 83.8. The molecule has 314 valence electrons. The topological polar surface area (TPSA) is 211 Å². The number of aliphatic hydroxyl groups excluding tert-OH is 1. The fourth-order valence-electron chi connectivity index (χ4n) is 7.78. The standard InChI is InChI=1S/C43H53NO14/c1-23(2)38(49)55-34-25(4)33(53-26(5)45)31-36(56-39(50)29-15-12-11-13-16-29)42(10,58-28(7)47)22-43(31,52)35(54-27(6)46)24(3)18-19-41(8,9)37(32(34)48)57-40(51)30-17-14-20-44-21-30/h11-21,23-24,31-37,48,52H,4,22H2,1-3,5-10H3/b19-18+/t24-,31-,32+,33-,34-,35-,36+,37+,42+,43+/m0/s1. The molecule has 0 amide bonds. The number of carbonyl (C=O) groups is 6. The minimum Gasteiger partial charge on any atom is -0.459 e. The number of rotatable bonds is 9. The van der Waals surface area contributed by atoms with Gasteiger partial charge in [-0.1, -0.05) is 71.5 Å². The molecule has 58 heavy (non-hydrogen) atoms. The first kappa shape index (κ1) is 45.3. The van der Waals surface area contributed by atoms with Crippen LogP contribution in [0.3, 0.4) is 0 Å². The Kier molecular flexibility index (Phi) is 14.1. The van der Waals surface area contributed by atoms with E-state index in [4.69, 9.17) is 28.4 Å². The Morgan fingerprint density at radius 1 is 0.776 bits per heavy atom. The van der Waals surface area contributed by atoms with E-state index in [9.17, 15) is 39.0 Å². The van der Waals surface area contributed by atoms with Crippen molar-refractivity contribution in [3.05, 3.63) is 90.3 Å². The minimum atomic E-state index is -2.39. The van der Waals surface area contributed by atoms with Gasteiger partial charge in [-0.15, -0.1) is 0 Å². The zero-order valence-corrected chi connectivity index (χ0v) is 34.2. The highest BCUT2D eigenvalue weighted by atomic mass is 16.6. The Labute approximate surface area is 337 Å².